The Morgan fingerprint density at radius 3 is 2.17 bits per heavy atom. The number of benzene rings is 2. The summed E-state index contributed by atoms with van der Waals surface area (Å²) in [7, 11) is 0. The van der Waals surface area contributed by atoms with E-state index in [0.717, 1.165) is 5.56 Å². The Hall–Kier alpha value is -3.35. The topological polar surface area (TPSA) is 135 Å². The summed E-state index contributed by atoms with van der Waals surface area (Å²) in [6.45, 7) is 4.00. The predicted octanol–water partition coefficient (Wildman–Crippen LogP) is 4.20. The van der Waals surface area contributed by atoms with E-state index in [1.54, 1.807) is 12.1 Å². The van der Waals surface area contributed by atoms with Crippen LogP contribution in [-0.2, 0) is 22.1 Å². The first-order chi connectivity index (χ1) is 16.7. The molecule has 2 aromatic carbocycles. The minimum absolute atomic E-state index is 0.0360. The number of nitrogen functional groups attached to an aromatic ring is 1. The van der Waals surface area contributed by atoms with Crippen molar-refractivity contribution < 1.29 is 45.4 Å². The van der Waals surface area contributed by atoms with Crippen LogP contribution in [0.15, 0.2) is 59.1 Å². The van der Waals surface area contributed by atoms with Crippen molar-refractivity contribution in [3.63, 3.8) is 0 Å². The van der Waals surface area contributed by atoms with Gasteiger partial charge in [-0.05, 0) is 12.1 Å². The molecule has 0 fully saturated rings. The average molecular weight is 662 g/mol. The molecule has 4 rings (SSSR count). The van der Waals surface area contributed by atoms with Crippen molar-refractivity contribution in [3.05, 3.63) is 72.8 Å². The van der Waals surface area contributed by atoms with Gasteiger partial charge in [-0.1, -0.05) is 12.1 Å². The molecule has 0 unspecified atom stereocenters. The third kappa shape index (κ3) is 7.31. The van der Waals surface area contributed by atoms with Gasteiger partial charge in [0.05, 0.1) is 11.9 Å². The maximum atomic E-state index is 12.8. The first-order valence-electron chi connectivity index (χ1n) is 10.1. The Balaban J connectivity index is 0.000000803. The molecule has 4 aromatic rings. The number of nitrogens with zero attached hydrogens (tertiary/aromatic N) is 4. The van der Waals surface area contributed by atoms with Crippen molar-refractivity contribution in [1.82, 2.24) is 20.2 Å². The first kappa shape index (κ1) is 27.9. The summed E-state index contributed by atoms with van der Waals surface area (Å²) >= 11 is 0.611. The molecule has 0 amide bonds. The van der Waals surface area contributed by atoms with Crippen LogP contribution in [0.2, 0.25) is 0 Å². The number of quaternary nitrogens is 1. The normalized spacial score (nSPS) is 11.5. The van der Waals surface area contributed by atoms with Gasteiger partial charge >= 0.3 is 28.3 Å². The second-order valence-electron chi connectivity index (χ2n) is 6.98. The Morgan fingerprint density at radius 1 is 1.03 bits per heavy atom. The summed E-state index contributed by atoms with van der Waals surface area (Å²) in [5.41, 5.74) is 11.2. The van der Waals surface area contributed by atoms with Gasteiger partial charge in [-0.25, -0.2) is 9.97 Å². The standard InChI is InChI=1S/C20H14F3N6O.C3H7.O.Os/c21-20(22,23)16(24)12-6-8-13(9-7-12)18-28-29-19(30-18)15-17(25)26-10-14(27-15)11-4-2-1-3-5-11;1-3-2;;/h2-10,16H,24H2,(H2,25,26);3H,1-2H3;;/q2*-1;;/p+1/t16-;;;/m1.../s1. The summed E-state index contributed by atoms with van der Waals surface area (Å²) in [5, 5.41) is 7.90. The summed E-state index contributed by atoms with van der Waals surface area (Å²) in [6.07, 6.45) is -0.892. The molecule has 5 N–H and O–H groups in total. The number of rotatable bonds is 4. The van der Waals surface area contributed by atoms with Crippen LogP contribution in [0.3, 0.4) is 0 Å². The number of nitrogens with two attached hydrogens (primary N) is 1. The van der Waals surface area contributed by atoms with Crippen molar-refractivity contribution in [2.24, 2.45) is 0 Å². The first-order valence-corrected chi connectivity index (χ1v) is 11.1. The summed E-state index contributed by atoms with van der Waals surface area (Å²) in [4.78, 5) is 8.58. The molecule has 0 radical (unpaired) electrons. The number of anilines is 1. The van der Waals surface area contributed by atoms with Crippen LogP contribution in [-0.4, -0.2) is 26.3 Å². The van der Waals surface area contributed by atoms with Crippen molar-refractivity contribution in [2.75, 3.05) is 5.73 Å². The van der Waals surface area contributed by atoms with Gasteiger partial charge in [0.25, 0.3) is 5.89 Å². The summed E-state index contributed by atoms with van der Waals surface area (Å²) in [5.74, 6) is 0.274. The Kier molecular flexibility index (Phi) is 10.3. The van der Waals surface area contributed by atoms with Gasteiger partial charge in [0.2, 0.25) is 11.9 Å². The van der Waals surface area contributed by atoms with Crippen molar-refractivity contribution in [3.8, 4) is 34.3 Å². The monoisotopic (exact) mass is 663 g/mol. The van der Waals surface area contributed by atoms with Gasteiger partial charge in [0, 0.05) is 11.1 Å². The molecule has 2 heterocycles. The molecule has 8 nitrogen and oxygen atoms in total. The molecule has 0 saturated carbocycles. The van der Waals surface area contributed by atoms with Crippen LogP contribution >= 0.6 is 0 Å². The van der Waals surface area contributed by atoms with Crippen LogP contribution in [0.1, 0.15) is 25.5 Å². The number of hydrogen-bond acceptors (Lipinski definition) is 7. The molecule has 0 bridgehead atoms. The summed E-state index contributed by atoms with van der Waals surface area (Å²) < 4.78 is 52.4. The van der Waals surface area contributed by atoms with Crippen molar-refractivity contribution in [2.45, 2.75) is 26.1 Å². The van der Waals surface area contributed by atoms with E-state index in [2.05, 4.69) is 32.0 Å². The number of aromatic nitrogens is 4. The van der Waals surface area contributed by atoms with Crippen LogP contribution in [0.5, 0.6) is 0 Å². The van der Waals surface area contributed by atoms with Crippen molar-refractivity contribution >= 4 is 5.82 Å². The molecule has 0 aliphatic rings. The molecule has 186 valence electrons. The molecule has 0 aliphatic heterocycles. The van der Waals surface area contributed by atoms with Gasteiger partial charge in [0.1, 0.15) is 0 Å². The molecule has 12 heteroatoms. The third-order valence-electron chi connectivity index (χ3n) is 4.40. The van der Waals surface area contributed by atoms with E-state index < -0.39 is 12.2 Å². The molecule has 2 aromatic heterocycles. The number of halogens is 3. The van der Waals surface area contributed by atoms with Crippen LogP contribution in [0.4, 0.5) is 19.0 Å². The zero-order valence-electron chi connectivity index (χ0n) is 18.7. The van der Waals surface area contributed by atoms with E-state index in [1.807, 2.05) is 32.4 Å². The molecule has 0 spiro atoms. The van der Waals surface area contributed by atoms with Gasteiger partial charge in [-0.15, -0.1) is 15.8 Å². The Morgan fingerprint density at radius 2 is 1.60 bits per heavy atom. The zero-order chi connectivity index (χ0) is 26.0. The fourth-order valence-corrected chi connectivity index (χ4v) is 2.74. The quantitative estimate of drug-likeness (QED) is 0.313. The summed E-state index contributed by atoms with van der Waals surface area (Å²) in [6, 6.07) is 13.8. The van der Waals surface area contributed by atoms with E-state index in [1.165, 1.54) is 30.5 Å². The Labute approximate surface area is 210 Å². The molecular formula is C23H22F3N6O2Os-. The van der Waals surface area contributed by atoms with Gasteiger partial charge in [-0.2, -0.15) is 57.4 Å². The molecule has 0 saturated heterocycles. The van der Waals surface area contributed by atoms with Gasteiger partial charge in [0.15, 0.2) is 11.5 Å². The van der Waals surface area contributed by atoms with E-state index in [9.17, 15) is 13.2 Å². The van der Waals surface area contributed by atoms with E-state index in [0.29, 0.717) is 29.8 Å². The fourth-order valence-electron chi connectivity index (χ4n) is 2.74. The van der Waals surface area contributed by atoms with Gasteiger partial charge < -0.3 is 22.3 Å². The van der Waals surface area contributed by atoms with Gasteiger partial charge in [-0.3, -0.25) is 0 Å². The Bertz CT molecular complexity index is 1200. The minimum atomic E-state index is -4.42. The average Bonchev–Trinajstić information content (AvgIpc) is 3.36. The fraction of sp³-hybridized carbons (Fsp3) is 0.174. The number of hydrogen-bond donors (Lipinski definition) is 2. The molecule has 1 atom stereocenters. The SMILES string of the molecule is C[CH-]C.Nc1ncc(-c2cc[c-]cc2)nc1-c1nnc(-c2ccc([C@@H]([NH3+])C(F)(F)F)cc2)o1.[O]=[Os]. The zero-order valence-corrected chi connectivity index (χ0v) is 21.3. The van der Waals surface area contributed by atoms with Crippen LogP contribution in [0, 0.1) is 12.5 Å². The second-order valence-corrected chi connectivity index (χ2v) is 6.98. The van der Waals surface area contributed by atoms with Crippen LogP contribution < -0.4 is 11.5 Å². The number of alkyl halides is 3. The molecule has 0 aliphatic carbocycles. The van der Waals surface area contributed by atoms with E-state index in [4.69, 9.17) is 13.7 Å². The third-order valence-corrected chi connectivity index (χ3v) is 4.40. The van der Waals surface area contributed by atoms with Crippen LogP contribution in [0.25, 0.3) is 34.3 Å². The predicted molar refractivity (Wildman–Crippen MR) is 117 cm³/mol. The maximum absolute atomic E-state index is 12.8. The molecular weight excluding hydrogens is 640 g/mol. The van der Waals surface area contributed by atoms with Crippen molar-refractivity contribution in [1.29, 1.82) is 0 Å². The van der Waals surface area contributed by atoms with E-state index >= 15 is 0 Å². The molecule has 35 heavy (non-hydrogen) atoms. The second kappa shape index (κ2) is 12.9. The van der Waals surface area contributed by atoms with E-state index in [-0.39, 0.29) is 28.9 Å².